The van der Waals surface area contributed by atoms with Crippen LogP contribution in [0.2, 0.25) is 0 Å². The van der Waals surface area contributed by atoms with E-state index in [4.69, 9.17) is 0 Å². The fourth-order valence-corrected chi connectivity index (χ4v) is 3.56. The molecule has 0 fully saturated rings. The SMILES string of the molecule is C=C(NCc1cccc(C(=C)c2cccnc2NC)c1)/C(=C/C=C\C)C(C)=O.CCc1ccc(F)c(F)c1. The number of carbonyl (C=O) groups is 1. The first kappa shape index (κ1) is 29.9. The van der Waals surface area contributed by atoms with E-state index < -0.39 is 11.6 Å². The van der Waals surface area contributed by atoms with Crippen LogP contribution in [0.5, 0.6) is 0 Å². The van der Waals surface area contributed by atoms with Gasteiger partial charge < -0.3 is 10.6 Å². The van der Waals surface area contributed by atoms with Crippen molar-refractivity contribution < 1.29 is 13.6 Å². The fraction of sp³-hybridized carbons (Fsp3) is 0.188. The summed E-state index contributed by atoms with van der Waals surface area (Å²) in [6.45, 7) is 14.2. The number of allylic oxidation sites excluding steroid dienone is 4. The highest BCUT2D eigenvalue weighted by Gasteiger charge is 2.10. The molecule has 0 aliphatic carbocycles. The van der Waals surface area contributed by atoms with Gasteiger partial charge in [0.15, 0.2) is 17.4 Å². The molecule has 1 aromatic heterocycles. The zero-order chi connectivity index (χ0) is 28.1. The number of benzene rings is 2. The molecule has 0 aliphatic rings. The van der Waals surface area contributed by atoms with Crippen LogP contribution in [0.4, 0.5) is 14.6 Å². The van der Waals surface area contributed by atoms with Gasteiger partial charge in [-0.15, -0.1) is 0 Å². The molecular weight excluding hydrogens is 480 g/mol. The molecule has 4 nitrogen and oxygen atoms in total. The number of halogens is 2. The Bertz CT molecular complexity index is 1340. The molecule has 2 N–H and O–H groups in total. The van der Waals surface area contributed by atoms with Gasteiger partial charge >= 0.3 is 0 Å². The lowest BCUT2D eigenvalue weighted by Crippen LogP contribution is -2.16. The highest BCUT2D eigenvalue weighted by Crippen LogP contribution is 2.27. The Morgan fingerprint density at radius 3 is 2.42 bits per heavy atom. The predicted molar refractivity (Wildman–Crippen MR) is 154 cm³/mol. The van der Waals surface area contributed by atoms with E-state index in [0.717, 1.165) is 46.1 Å². The summed E-state index contributed by atoms with van der Waals surface area (Å²) in [5, 5.41) is 6.35. The molecule has 0 unspecified atom stereocenters. The second-order valence-corrected chi connectivity index (χ2v) is 8.42. The molecule has 198 valence electrons. The average Bonchev–Trinajstić information content (AvgIpc) is 2.93. The van der Waals surface area contributed by atoms with Crippen LogP contribution in [0, 0.1) is 11.6 Å². The van der Waals surface area contributed by atoms with Crippen LogP contribution in [0.3, 0.4) is 0 Å². The number of hydrogen-bond acceptors (Lipinski definition) is 4. The molecule has 0 amide bonds. The van der Waals surface area contributed by atoms with Crippen molar-refractivity contribution in [1.82, 2.24) is 10.3 Å². The lowest BCUT2D eigenvalue weighted by molar-refractivity contribution is -0.113. The standard InChI is InChI=1S/C24H27N3O.C8H8F2/c1-6-7-12-23(19(4)28)18(3)27-16-20-10-8-11-21(15-20)17(2)22-13-9-14-26-24(22)25-5;1-2-6-3-4-7(9)8(10)5-6/h6-15,27H,2-3,16H2,1,4-5H3,(H,25,26);3-5H,2H2,1H3/b7-6-,23-12-;. The normalized spacial score (nSPS) is 10.9. The van der Waals surface area contributed by atoms with Gasteiger partial charge in [-0.3, -0.25) is 4.79 Å². The maximum Gasteiger partial charge on any atom is 0.161 e. The summed E-state index contributed by atoms with van der Waals surface area (Å²) in [6.07, 6.45) is 7.97. The van der Waals surface area contributed by atoms with Crippen molar-refractivity contribution in [2.24, 2.45) is 0 Å². The number of aromatic nitrogens is 1. The van der Waals surface area contributed by atoms with Crippen molar-refractivity contribution in [1.29, 1.82) is 0 Å². The summed E-state index contributed by atoms with van der Waals surface area (Å²) in [7, 11) is 1.85. The quantitative estimate of drug-likeness (QED) is 0.218. The number of nitrogens with zero attached hydrogens (tertiary/aromatic N) is 1. The lowest BCUT2D eigenvalue weighted by Gasteiger charge is -2.14. The minimum atomic E-state index is -0.780. The van der Waals surface area contributed by atoms with Gasteiger partial charge in [0.25, 0.3) is 0 Å². The molecule has 0 spiro atoms. The van der Waals surface area contributed by atoms with E-state index in [0.29, 0.717) is 17.8 Å². The number of carbonyl (C=O) groups excluding carboxylic acids is 1. The third kappa shape index (κ3) is 8.66. The Morgan fingerprint density at radius 2 is 1.79 bits per heavy atom. The lowest BCUT2D eigenvalue weighted by atomic mass is 9.98. The van der Waals surface area contributed by atoms with Crippen molar-refractivity contribution in [3.05, 3.63) is 137 Å². The minimum Gasteiger partial charge on any atom is -0.381 e. The first-order valence-electron chi connectivity index (χ1n) is 12.3. The molecule has 0 aliphatic heterocycles. The van der Waals surface area contributed by atoms with Gasteiger partial charge in [0, 0.05) is 36.6 Å². The van der Waals surface area contributed by atoms with Gasteiger partial charge in [0.2, 0.25) is 0 Å². The van der Waals surface area contributed by atoms with Crippen LogP contribution in [-0.2, 0) is 17.8 Å². The largest absolute Gasteiger partial charge is 0.381 e. The molecule has 3 aromatic rings. The van der Waals surface area contributed by atoms with E-state index in [-0.39, 0.29) is 5.78 Å². The van der Waals surface area contributed by atoms with Crippen LogP contribution < -0.4 is 10.6 Å². The van der Waals surface area contributed by atoms with E-state index in [1.807, 2.05) is 63.4 Å². The number of anilines is 1. The van der Waals surface area contributed by atoms with E-state index in [1.165, 1.54) is 6.07 Å². The van der Waals surface area contributed by atoms with E-state index in [1.54, 1.807) is 25.3 Å². The number of pyridine rings is 1. The van der Waals surface area contributed by atoms with Crippen molar-refractivity contribution in [2.45, 2.75) is 33.7 Å². The molecular formula is C32H35F2N3O. The predicted octanol–water partition coefficient (Wildman–Crippen LogP) is 7.41. The molecule has 38 heavy (non-hydrogen) atoms. The number of nitrogens with one attached hydrogen (secondary N) is 2. The number of hydrogen-bond donors (Lipinski definition) is 2. The van der Waals surface area contributed by atoms with Crippen molar-refractivity contribution >= 4 is 17.2 Å². The van der Waals surface area contributed by atoms with Crippen molar-refractivity contribution in [3.8, 4) is 0 Å². The highest BCUT2D eigenvalue weighted by molar-refractivity contribution is 5.97. The molecule has 3 rings (SSSR count). The van der Waals surface area contributed by atoms with Gasteiger partial charge in [-0.2, -0.15) is 0 Å². The topological polar surface area (TPSA) is 54.0 Å². The minimum absolute atomic E-state index is 0.0195. The van der Waals surface area contributed by atoms with Gasteiger partial charge in [-0.05, 0) is 78.9 Å². The summed E-state index contributed by atoms with van der Waals surface area (Å²) < 4.78 is 24.7. The van der Waals surface area contributed by atoms with E-state index >= 15 is 0 Å². The summed E-state index contributed by atoms with van der Waals surface area (Å²) in [5.74, 6) is -0.768. The maximum atomic E-state index is 12.4. The van der Waals surface area contributed by atoms with Crippen molar-refractivity contribution in [3.63, 3.8) is 0 Å². The van der Waals surface area contributed by atoms with E-state index in [2.05, 4.69) is 34.8 Å². The molecule has 6 heteroatoms. The molecule has 0 atom stereocenters. The summed E-state index contributed by atoms with van der Waals surface area (Å²) >= 11 is 0. The van der Waals surface area contributed by atoms with Gasteiger partial charge in [0.05, 0.1) is 0 Å². The third-order valence-electron chi connectivity index (χ3n) is 5.70. The van der Waals surface area contributed by atoms with Gasteiger partial charge in [0.1, 0.15) is 5.82 Å². The van der Waals surface area contributed by atoms with Crippen LogP contribution in [-0.4, -0.2) is 17.8 Å². The fourth-order valence-electron chi connectivity index (χ4n) is 3.56. The first-order chi connectivity index (χ1) is 18.2. The van der Waals surface area contributed by atoms with Crippen LogP contribution in [0.25, 0.3) is 5.57 Å². The smallest absolute Gasteiger partial charge is 0.161 e. The van der Waals surface area contributed by atoms with Crippen LogP contribution in [0.15, 0.2) is 103 Å². The number of rotatable bonds is 10. The first-order valence-corrected chi connectivity index (χ1v) is 12.3. The highest BCUT2D eigenvalue weighted by atomic mass is 19.2. The molecule has 0 saturated heterocycles. The zero-order valence-corrected chi connectivity index (χ0v) is 22.4. The Labute approximate surface area is 224 Å². The summed E-state index contributed by atoms with van der Waals surface area (Å²) in [4.78, 5) is 16.2. The zero-order valence-electron chi connectivity index (χ0n) is 22.4. The Hall–Kier alpha value is -4.32. The average molecular weight is 516 g/mol. The number of ketones is 1. The molecule has 0 saturated carbocycles. The third-order valence-corrected chi connectivity index (χ3v) is 5.70. The molecule has 0 radical (unpaired) electrons. The number of aryl methyl sites for hydroxylation is 1. The Kier molecular flexibility index (Phi) is 11.8. The second-order valence-electron chi connectivity index (χ2n) is 8.42. The molecule has 0 bridgehead atoms. The van der Waals surface area contributed by atoms with Crippen LogP contribution >= 0.6 is 0 Å². The van der Waals surface area contributed by atoms with Gasteiger partial charge in [-0.25, -0.2) is 13.8 Å². The summed E-state index contributed by atoms with van der Waals surface area (Å²) in [5.41, 5.74) is 5.96. The van der Waals surface area contributed by atoms with E-state index in [9.17, 15) is 13.6 Å². The molecule has 2 aromatic carbocycles. The maximum absolute atomic E-state index is 12.4. The summed E-state index contributed by atoms with van der Waals surface area (Å²) in [6, 6.07) is 16.0. The van der Waals surface area contributed by atoms with Gasteiger partial charge in [-0.1, -0.05) is 56.5 Å². The Balaban J connectivity index is 0.000000423. The Morgan fingerprint density at radius 1 is 1.03 bits per heavy atom. The second kappa shape index (κ2) is 15.1. The van der Waals surface area contributed by atoms with Crippen LogP contribution in [0.1, 0.15) is 43.0 Å². The number of Topliss-reactive ketones (excluding diaryl/α,β-unsaturated/α-hetero) is 1. The van der Waals surface area contributed by atoms with Crippen molar-refractivity contribution in [2.75, 3.05) is 12.4 Å². The monoisotopic (exact) mass is 515 g/mol. The molecule has 1 heterocycles.